The summed E-state index contributed by atoms with van der Waals surface area (Å²) in [5.41, 5.74) is 2.20. The average molecular weight is 386 g/mol. The number of hydrogen-bond acceptors (Lipinski definition) is 6. The number of hydrogen-bond donors (Lipinski definition) is 0. The molecule has 4 rings (SSSR count). The molecule has 1 saturated heterocycles. The van der Waals surface area contributed by atoms with Gasteiger partial charge in [-0.2, -0.15) is 5.10 Å². The summed E-state index contributed by atoms with van der Waals surface area (Å²) in [4.78, 5) is 19.6. The lowest BCUT2D eigenvalue weighted by atomic mass is 10.2. The Morgan fingerprint density at radius 2 is 2.30 bits per heavy atom. The molecule has 7 nitrogen and oxygen atoms in total. The summed E-state index contributed by atoms with van der Waals surface area (Å²) in [7, 11) is 3.47. The van der Waals surface area contributed by atoms with Gasteiger partial charge in [-0.1, -0.05) is 11.3 Å². The molecule has 1 unspecified atom stereocenters. The molecule has 0 saturated carbocycles. The highest BCUT2D eigenvalue weighted by Crippen LogP contribution is 2.33. The number of aromatic nitrogens is 3. The minimum Gasteiger partial charge on any atom is -0.497 e. The molecule has 1 amide bonds. The monoisotopic (exact) mass is 386 g/mol. The SMILES string of the molecule is COc1ccc2nc(N(CC3CCCO3)C(=O)c3cc(C)n(C)n3)sc2c1. The van der Waals surface area contributed by atoms with Gasteiger partial charge < -0.3 is 9.47 Å². The molecule has 0 aliphatic carbocycles. The van der Waals surface area contributed by atoms with Crippen molar-refractivity contribution in [1.82, 2.24) is 14.8 Å². The zero-order valence-electron chi connectivity index (χ0n) is 15.6. The van der Waals surface area contributed by atoms with E-state index in [0.29, 0.717) is 17.4 Å². The van der Waals surface area contributed by atoms with E-state index in [1.54, 1.807) is 22.8 Å². The van der Waals surface area contributed by atoms with Crippen molar-refractivity contribution in [3.05, 3.63) is 35.7 Å². The van der Waals surface area contributed by atoms with Gasteiger partial charge in [0.1, 0.15) is 5.75 Å². The van der Waals surface area contributed by atoms with E-state index in [9.17, 15) is 4.79 Å². The first-order valence-electron chi connectivity index (χ1n) is 8.94. The van der Waals surface area contributed by atoms with Gasteiger partial charge in [-0.3, -0.25) is 14.4 Å². The van der Waals surface area contributed by atoms with Crippen LogP contribution in [-0.4, -0.2) is 47.0 Å². The number of fused-ring (bicyclic) bond motifs is 1. The Morgan fingerprint density at radius 3 is 2.96 bits per heavy atom. The second-order valence-electron chi connectivity index (χ2n) is 6.68. The minimum atomic E-state index is -0.153. The maximum Gasteiger partial charge on any atom is 0.280 e. The molecule has 3 aromatic rings. The Morgan fingerprint density at radius 1 is 1.44 bits per heavy atom. The maximum atomic E-state index is 13.2. The van der Waals surface area contributed by atoms with Crippen LogP contribution in [-0.2, 0) is 11.8 Å². The van der Waals surface area contributed by atoms with Crippen LogP contribution in [0.2, 0.25) is 0 Å². The molecule has 142 valence electrons. The third kappa shape index (κ3) is 3.54. The van der Waals surface area contributed by atoms with E-state index in [1.807, 2.05) is 32.2 Å². The summed E-state index contributed by atoms with van der Waals surface area (Å²) in [6.45, 7) is 3.15. The third-order valence-corrected chi connectivity index (χ3v) is 5.84. The van der Waals surface area contributed by atoms with Crippen LogP contribution in [0.1, 0.15) is 29.0 Å². The second kappa shape index (κ2) is 7.28. The van der Waals surface area contributed by atoms with E-state index in [0.717, 1.165) is 41.1 Å². The number of benzene rings is 1. The topological polar surface area (TPSA) is 69.5 Å². The van der Waals surface area contributed by atoms with Crippen molar-refractivity contribution < 1.29 is 14.3 Å². The largest absolute Gasteiger partial charge is 0.497 e. The fraction of sp³-hybridized carbons (Fsp3) is 0.421. The van der Waals surface area contributed by atoms with Crippen LogP contribution in [0.15, 0.2) is 24.3 Å². The van der Waals surface area contributed by atoms with E-state index in [2.05, 4.69) is 10.1 Å². The van der Waals surface area contributed by atoms with E-state index in [1.165, 1.54) is 11.3 Å². The molecule has 1 fully saturated rings. The van der Waals surface area contributed by atoms with Gasteiger partial charge in [0.25, 0.3) is 5.91 Å². The molecular weight excluding hydrogens is 364 g/mol. The predicted octanol–water partition coefficient (Wildman–Crippen LogP) is 3.17. The number of anilines is 1. The summed E-state index contributed by atoms with van der Waals surface area (Å²) in [6.07, 6.45) is 2.00. The van der Waals surface area contributed by atoms with E-state index in [4.69, 9.17) is 9.47 Å². The Balaban J connectivity index is 1.71. The average Bonchev–Trinajstić information content (AvgIpc) is 3.39. The molecule has 1 aliphatic heterocycles. The van der Waals surface area contributed by atoms with Crippen molar-refractivity contribution in [2.45, 2.75) is 25.9 Å². The maximum absolute atomic E-state index is 13.2. The van der Waals surface area contributed by atoms with E-state index in [-0.39, 0.29) is 12.0 Å². The Labute approximate surface area is 161 Å². The van der Waals surface area contributed by atoms with Crippen LogP contribution >= 0.6 is 11.3 Å². The minimum absolute atomic E-state index is 0.0281. The van der Waals surface area contributed by atoms with Crippen molar-refractivity contribution in [3.63, 3.8) is 0 Å². The van der Waals surface area contributed by atoms with E-state index < -0.39 is 0 Å². The predicted molar refractivity (Wildman–Crippen MR) is 105 cm³/mol. The molecule has 1 aromatic carbocycles. The Hall–Kier alpha value is -2.45. The number of nitrogens with zero attached hydrogens (tertiary/aromatic N) is 4. The van der Waals surface area contributed by atoms with Crippen molar-refractivity contribution in [2.75, 3.05) is 25.2 Å². The Bertz CT molecular complexity index is 955. The van der Waals surface area contributed by atoms with Gasteiger partial charge in [0.2, 0.25) is 0 Å². The number of thiazole rings is 1. The molecule has 1 atom stereocenters. The van der Waals surface area contributed by atoms with Gasteiger partial charge >= 0.3 is 0 Å². The number of methoxy groups -OCH3 is 1. The smallest absolute Gasteiger partial charge is 0.280 e. The Kier molecular flexibility index (Phi) is 4.84. The zero-order chi connectivity index (χ0) is 19.0. The highest BCUT2D eigenvalue weighted by Gasteiger charge is 2.28. The molecule has 0 bridgehead atoms. The van der Waals surface area contributed by atoms with Crippen LogP contribution in [0, 0.1) is 6.92 Å². The van der Waals surface area contributed by atoms with Gasteiger partial charge in [-0.15, -0.1) is 0 Å². The number of carbonyl (C=O) groups is 1. The molecule has 0 N–H and O–H groups in total. The highest BCUT2D eigenvalue weighted by molar-refractivity contribution is 7.22. The highest BCUT2D eigenvalue weighted by atomic mass is 32.1. The quantitative estimate of drug-likeness (QED) is 0.674. The number of aryl methyl sites for hydroxylation is 2. The lowest BCUT2D eigenvalue weighted by Crippen LogP contribution is -2.37. The van der Waals surface area contributed by atoms with E-state index >= 15 is 0 Å². The number of ether oxygens (including phenoxy) is 2. The first kappa shape index (κ1) is 17.9. The summed E-state index contributed by atoms with van der Waals surface area (Å²) in [5, 5.41) is 5.01. The van der Waals surface area contributed by atoms with Crippen LogP contribution in [0.4, 0.5) is 5.13 Å². The molecule has 8 heteroatoms. The second-order valence-corrected chi connectivity index (χ2v) is 7.68. The lowest BCUT2D eigenvalue weighted by Gasteiger charge is -2.22. The number of carbonyl (C=O) groups excluding carboxylic acids is 1. The van der Waals surface area contributed by atoms with Gasteiger partial charge in [0, 0.05) is 19.3 Å². The van der Waals surface area contributed by atoms with Crippen LogP contribution in [0.5, 0.6) is 5.75 Å². The zero-order valence-corrected chi connectivity index (χ0v) is 16.5. The first-order chi connectivity index (χ1) is 13.0. The lowest BCUT2D eigenvalue weighted by molar-refractivity contribution is 0.0913. The van der Waals surface area contributed by atoms with Crippen LogP contribution in [0.25, 0.3) is 10.2 Å². The van der Waals surface area contributed by atoms with Crippen LogP contribution < -0.4 is 9.64 Å². The molecule has 27 heavy (non-hydrogen) atoms. The summed E-state index contributed by atoms with van der Waals surface area (Å²) in [5.74, 6) is 0.621. The molecular formula is C19H22N4O3S. The fourth-order valence-corrected chi connectivity index (χ4v) is 4.18. The van der Waals surface area contributed by atoms with Gasteiger partial charge in [-0.25, -0.2) is 4.98 Å². The summed E-state index contributed by atoms with van der Waals surface area (Å²) >= 11 is 1.48. The normalized spacial score (nSPS) is 16.8. The van der Waals surface area contributed by atoms with Crippen molar-refractivity contribution in [1.29, 1.82) is 0 Å². The van der Waals surface area contributed by atoms with Crippen molar-refractivity contribution >= 4 is 32.6 Å². The molecule has 2 aromatic heterocycles. The summed E-state index contributed by atoms with van der Waals surface area (Å²) in [6, 6.07) is 7.53. The van der Waals surface area contributed by atoms with Gasteiger partial charge in [-0.05, 0) is 44.0 Å². The third-order valence-electron chi connectivity index (χ3n) is 4.80. The van der Waals surface area contributed by atoms with Gasteiger partial charge in [0.15, 0.2) is 10.8 Å². The number of rotatable bonds is 5. The first-order valence-corrected chi connectivity index (χ1v) is 9.75. The molecule has 0 spiro atoms. The van der Waals surface area contributed by atoms with Crippen molar-refractivity contribution in [2.24, 2.45) is 7.05 Å². The molecule has 3 heterocycles. The molecule has 1 aliphatic rings. The number of amides is 1. The molecule has 0 radical (unpaired) electrons. The van der Waals surface area contributed by atoms with Crippen molar-refractivity contribution in [3.8, 4) is 5.75 Å². The fourth-order valence-electron chi connectivity index (χ4n) is 3.18. The standard InChI is InChI=1S/C19H22N4O3S/c1-12-9-16(21-22(12)2)18(24)23(11-14-5-4-8-26-14)19-20-15-7-6-13(25-3)10-17(15)27-19/h6-7,9-10,14H,4-5,8,11H2,1-3H3. The van der Waals surface area contributed by atoms with Gasteiger partial charge in [0.05, 0.1) is 30.0 Å². The van der Waals surface area contributed by atoms with Crippen LogP contribution in [0.3, 0.4) is 0 Å². The summed E-state index contributed by atoms with van der Waals surface area (Å²) < 4.78 is 13.8.